The molecule has 0 radical (unpaired) electrons. The smallest absolute Gasteiger partial charge is 0.311 e. The fraction of sp³-hybridized carbons (Fsp3) is 0.571. The van der Waals surface area contributed by atoms with Crippen LogP contribution < -0.4 is 5.32 Å². The van der Waals surface area contributed by atoms with Crippen molar-refractivity contribution < 1.29 is 13.2 Å². The number of nitrogens with one attached hydrogen (secondary N) is 1. The van der Waals surface area contributed by atoms with Crippen LogP contribution in [0.4, 0.5) is 13.2 Å². The number of alkyl halides is 3. The van der Waals surface area contributed by atoms with Crippen LogP contribution >= 0.6 is 11.8 Å². The van der Waals surface area contributed by atoms with Crippen LogP contribution in [0.5, 0.6) is 0 Å². The van der Waals surface area contributed by atoms with Gasteiger partial charge in [0.1, 0.15) is 0 Å². The highest BCUT2D eigenvalue weighted by molar-refractivity contribution is 8.00. The van der Waals surface area contributed by atoms with Crippen molar-refractivity contribution in [3.05, 3.63) is 35.9 Å². The lowest BCUT2D eigenvalue weighted by atomic mass is 10.0. The fourth-order valence-corrected chi connectivity index (χ4v) is 3.00. The van der Waals surface area contributed by atoms with Gasteiger partial charge in [-0.1, -0.05) is 30.3 Å². The molecule has 2 rings (SSSR count). The molecule has 112 valence electrons. The molecule has 0 bridgehead atoms. The number of hydrogen-bond donors (Lipinski definition) is 1. The van der Waals surface area contributed by atoms with Crippen LogP contribution in [0.25, 0.3) is 0 Å². The number of benzene rings is 1. The standard InChI is InChI=1S/C14H19F3N2S/c15-14(16,17)20-9-8-19-7-6-18-13(11-19)10-12-4-2-1-3-5-12/h1-5,13,18H,6-11H2. The largest absolute Gasteiger partial charge is 0.441 e. The van der Waals surface area contributed by atoms with Crippen molar-refractivity contribution in [1.82, 2.24) is 10.2 Å². The molecule has 1 aromatic carbocycles. The van der Waals surface area contributed by atoms with Crippen LogP contribution in [0.2, 0.25) is 0 Å². The zero-order chi connectivity index (χ0) is 14.4. The molecule has 1 fully saturated rings. The molecule has 6 heteroatoms. The van der Waals surface area contributed by atoms with Crippen molar-refractivity contribution in [3.63, 3.8) is 0 Å². The third-order valence-electron chi connectivity index (χ3n) is 3.34. The lowest BCUT2D eigenvalue weighted by Crippen LogP contribution is -2.52. The molecular formula is C14H19F3N2S. The van der Waals surface area contributed by atoms with E-state index in [1.54, 1.807) is 0 Å². The topological polar surface area (TPSA) is 15.3 Å². The molecule has 0 saturated carbocycles. The van der Waals surface area contributed by atoms with E-state index in [0.29, 0.717) is 12.6 Å². The van der Waals surface area contributed by atoms with Crippen LogP contribution in [0.3, 0.4) is 0 Å². The van der Waals surface area contributed by atoms with E-state index in [1.807, 2.05) is 18.2 Å². The summed E-state index contributed by atoms with van der Waals surface area (Å²) in [6.45, 7) is 2.97. The second kappa shape index (κ2) is 7.33. The van der Waals surface area contributed by atoms with Gasteiger partial charge in [-0.3, -0.25) is 4.90 Å². The van der Waals surface area contributed by atoms with Gasteiger partial charge in [0, 0.05) is 38.0 Å². The summed E-state index contributed by atoms with van der Waals surface area (Å²) in [5.74, 6) is 0.113. The Kier molecular flexibility index (Phi) is 5.74. The molecule has 0 spiro atoms. The molecule has 1 aromatic rings. The zero-order valence-corrected chi connectivity index (χ0v) is 12.0. The summed E-state index contributed by atoms with van der Waals surface area (Å²) in [4.78, 5) is 2.11. The normalized spacial score (nSPS) is 21.1. The SMILES string of the molecule is FC(F)(F)SCCN1CCNC(Cc2ccccc2)C1. The maximum Gasteiger partial charge on any atom is 0.441 e. The number of thioether (sulfide) groups is 1. The highest BCUT2D eigenvalue weighted by atomic mass is 32.2. The summed E-state index contributed by atoms with van der Waals surface area (Å²) in [6, 6.07) is 10.5. The first-order valence-corrected chi connectivity index (χ1v) is 7.72. The second-order valence-electron chi connectivity index (χ2n) is 4.94. The van der Waals surface area contributed by atoms with E-state index >= 15 is 0 Å². The van der Waals surface area contributed by atoms with Crippen LogP contribution in [0.1, 0.15) is 5.56 Å². The number of rotatable bonds is 5. The number of halogens is 3. The van der Waals surface area contributed by atoms with Gasteiger partial charge in [-0.15, -0.1) is 0 Å². The molecule has 1 unspecified atom stereocenters. The maximum atomic E-state index is 12.1. The van der Waals surface area contributed by atoms with E-state index in [9.17, 15) is 13.2 Å². The van der Waals surface area contributed by atoms with E-state index in [2.05, 4.69) is 22.3 Å². The van der Waals surface area contributed by atoms with Crippen LogP contribution in [-0.2, 0) is 6.42 Å². The predicted octanol–water partition coefficient (Wildman–Crippen LogP) is 2.76. The maximum absolute atomic E-state index is 12.1. The Morgan fingerprint density at radius 2 is 2.00 bits per heavy atom. The first-order chi connectivity index (χ1) is 9.53. The summed E-state index contributed by atoms with van der Waals surface area (Å²) < 4.78 is 36.3. The van der Waals surface area contributed by atoms with Gasteiger partial charge in [0.05, 0.1) is 0 Å². The van der Waals surface area contributed by atoms with Gasteiger partial charge in [-0.25, -0.2) is 0 Å². The monoisotopic (exact) mass is 304 g/mol. The molecular weight excluding hydrogens is 285 g/mol. The molecule has 1 heterocycles. The molecule has 1 aliphatic rings. The Labute approximate surface area is 121 Å². The number of piperazine rings is 1. The summed E-state index contributed by atoms with van der Waals surface area (Å²) in [6.07, 6.45) is 0.920. The Hall–Kier alpha value is -0.720. The molecule has 1 aliphatic heterocycles. The van der Waals surface area contributed by atoms with Crippen molar-refractivity contribution >= 4 is 11.8 Å². The van der Waals surface area contributed by atoms with E-state index < -0.39 is 5.51 Å². The summed E-state index contributed by atoms with van der Waals surface area (Å²) >= 11 is 0.0704. The lowest BCUT2D eigenvalue weighted by Gasteiger charge is -2.33. The average Bonchev–Trinajstić information content (AvgIpc) is 2.39. The summed E-state index contributed by atoms with van der Waals surface area (Å²) in [5, 5.41) is 3.43. The molecule has 2 nitrogen and oxygen atoms in total. The fourth-order valence-electron chi connectivity index (χ4n) is 2.42. The Morgan fingerprint density at radius 3 is 2.70 bits per heavy atom. The Balaban J connectivity index is 1.74. The molecule has 1 saturated heterocycles. The minimum atomic E-state index is -4.11. The highest BCUT2D eigenvalue weighted by Gasteiger charge is 2.28. The van der Waals surface area contributed by atoms with E-state index in [-0.39, 0.29) is 17.5 Å². The van der Waals surface area contributed by atoms with Gasteiger partial charge in [0.25, 0.3) is 0 Å². The molecule has 20 heavy (non-hydrogen) atoms. The first-order valence-electron chi connectivity index (χ1n) is 6.73. The number of nitrogens with zero attached hydrogens (tertiary/aromatic N) is 1. The minimum Gasteiger partial charge on any atom is -0.311 e. The van der Waals surface area contributed by atoms with Crippen LogP contribution in [-0.4, -0.2) is 48.4 Å². The van der Waals surface area contributed by atoms with Crippen LogP contribution in [0, 0.1) is 0 Å². The van der Waals surface area contributed by atoms with Crippen molar-refractivity contribution in [2.75, 3.05) is 31.9 Å². The first kappa shape index (κ1) is 15.7. The molecule has 1 N–H and O–H groups in total. The zero-order valence-electron chi connectivity index (χ0n) is 11.2. The van der Waals surface area contributed by atoms with E-state index in [4.69, 9.17) is 0 Å². The highest BCUT2D eigenvalue weighted by Crippen LogP contribution is 2.29. The second-order valence-corrected chi connectivity index (χ2v) is 6.10. The predicted molar refractivity (Wildman–Crippen MR) is 76.9 cm³/mol. The Morgan fingerprint density at radius 1 is 1.25 bits per heavy atom. The quantitative estimate of drug-likeness (QED) is 0.900. The van der Waals surface area contributed by atoms with Crippen molar-refractivity contribution in [2.45, 2.75) is 18.0 Å². The molecule has 0 aromatic heterocycles. The molecule has 1 atom stereocenters. The van der Waals surface area contributed by atoms with Crippen LogP contribution in [0.15, 0.2) is 30.3 Å². The van der Waals surface area contributed by atoms with Gasteiger partial charge in [-0.2, -0.15) is 13.2 Å². The van der Waals surface area contributed by atoms with Gasteiger partial charge in [-0.05, 0) is 23.7 Å². The molecule has 0 amide bonds. The Bertz CT molecular complexity index is 397. The third kappa shape index (κ3) is 5.73. The van der Waals surface area contributed by atoms with E-state index in [0.717, 1.165) is 26.1 Å². The molecule has 0 aliphatic carbocycles. The average molecular weight is 304 g/mol. The van der Waals surface area contributed by atoms with Crippen molar-refractivity contribution in [2.24, 2.45) is 0 Å². The lowest BCUT2D eigenvalue weighted by molar-refractivity contribution is -0.0329. The summed E-state index contributed by atoms with van der Waals surface area (Å²) in [5.41, 5.74) is -2.85. The van der Waals surface area contributed by atoms with Gasteiger partial charge >= 0.3 is 5.51 Å². The van der Waals surface area contributed by atoms with Gasteiger partial charge in [0.15, 0.2) is 0 Å². The van der Waals surface area contributed by atoms with Crippen molar-refractivity contribution in [3.8, 4) is 0 Å². The van der Waals surface area contributed by atoms with E-state index in [1.165, 1.54) is 5.56 Å². The van der Waals surface area contributed by atoms with Gasteiger partial charge in [0.2, 0.25) is 0 Å². The summed E-state index contributed by atoms with van der Waals surface area (Å²) in [7, 11) is 0. The number of hydrogen-bond acceptors (Lipinski definition) is 3. The van der Waals surface area contributed by atoms with Gasteiger partial charge < -0.3 is 5.32 Å². The minimum absolute atomic E-state index is 0.0704. The third-order valence-corrected chi connectivity index (χ3v) is 4.05. The van der Waals surface area contributed by atoms with Crippen molar-refractivity contribution in [1.29, 1.82) is 0 Å².